The molecule has 0 saturated carbocycles. The summed E-state index contributed by atoms with van der Waals surface area (Å²) in [5.74, 6) is -1.04. The smallest absolute Gasteiger partial charge is 0.335 e. The zero-order valence-electron chi connectivity index (χ0n) is 13.0. The van der Waals surface area contributed by atoms with E-state index in [9.17, 15) is 9.59 Å². The van der Waals surface area contributed by atoms with Crippen LogP contribution in [0.5, 0.6) is 0 Å². The first kappa shape index (κ1) is 15.3. The molecule has 0 aliphatic carbocycles. The third kappa shape index (κ3) is 3.11. The third-order valence-electron chi connectivity index (χ3n) is 4.45. The molecule has 3 rings (SSSR count). The molecule has 0 unspecified atom stereocenters. The van der Waals surface area contributed by atoms with Crippen LogP contribution < -0.4 is 0 Å². The summed E-state index contributed by atoms with van der Waals surface area (Å²) in [6, 6.07) is 14.9. The van der Waals surface area contributed by atoms with Crippen LogP contribution >= 0.6 is 0 Å². The quantitative estimate of drug-likeness (QED) is 0.948. The topological polar surface area (TPSA) is 57.6 Å². The van der Waals surface area contributed by atoms with E-state index in [1.807, 2.05) is 48.2 Å². The van der Waals surface area contributed by atoms with E-state index < -0.39 is 5.97 Å². The predicted molar refractivity (Wildman–Crippen MR) is 87.4 cm³/mol. The van der Waals surface area contributed by atoms with Gasteiger partial charge < -0.3 is 10.0 Å². The monoisotopic (exact) mass is 309 g/mol. The number of amides is 1. The summed E-state index contributed by atoms with van der Waals surface area (Å²) in [5.41, 5.74) is 3.34. The van der Waals surface area contributed by atoms with Crippen LogP contribution in [0.3, 0.4) is 0 Å². The van der Waals surface area contributed by atoms with Crippen LogP contribution in [0.25, 0.3) is 0 Å². The lowest BCUT2D eigenvalue weighted by Gasteiger charge is -2.31. The molecule has 4 nitrogen and oxygen atoms in total. The van der Waals surface area contributed by atoms with Gasteiger partial charge >= 0.3 is 5.97 Å². The van der Waals surface area contributed by atoms with Crippen LogP contribution in [0, 0.1) is 0 Å². The summed E-state index contributed by atoms with van der Waals surface area (Å²) in [5, 5.41) is 9.12. The lowest BCUT2D eigenvalue weighted by molar-refractivity contribution is -0.133. The van der Waals surface area contributed by atoms with E-state index in [0.717, 1.165) is 23.1 Å². The molecule has 2 aromatic carbocycles. The Morgan fingerprint density at radius 1 is 1.09 bits per heavy atom. The van der Waals surface area contributed by atoms with Crippen LogP contribution in [0.2, 0.25) is 0 Å². The van der Waals surface area contributed by atoms with Gasteiger partial charge in [0.15, 0.2) is 0 Å². The normalized spacial score (nSPS) is 14.9. The van der Waals surface area contributed by atoms with Crippen molar-refractivity contribution >= 4 is 11.9 Å². The summed E-state index contributed by atoms with van der Waals surface area (Å²) in [4.78, 5) is 25.7. The van der Waals surface area contributed by atoms with E-state index >= 15 is 0 Å². The van der Waals surface area contributed by atoms with Crippen LogP contribution in [-0.2, 0) is 17.8 Å². The Bertz CT molecular complexity index is 740. The Morgan fingerprint density at radius 2 is 1.83 bits per heavy atom. The number of carboxylic acids is 1. The fourth-order valence-corrected chi connectivity index (χ4v) is 3.04. The van der Waals surface area contributed by atoms with Gasteiger partial charge in [-0.15, -0.1) is 0 Å². The molecule has 0 radical (unpaired) electrons. The Morgan fingerprint density at radius 3 is 2.52 bits per heavy atom. The first-order valence-corrected chi connectivity index (χ1v) is 7.75. The number of nitrogens with zero attached hydrogens (tertiary/aromatic N) is 1. The average molecular weight is 309 g/mol. The number of rotatable bonds is 3. The number of carbonyl (C=O) groups excluding carboxylic acids is 1. The molecule has 1 heterocycles. The maximum Gasteiger partial charge on any atom is 0.335 e. The molecule has 1 N–H and O–H groups in total. The van der Waals surface area contributed by atoms with Gasteiger partial charge in [-0.3, -0.25) is 4.79 Å². The van der Waals surface area contributed by atoms with Crippen molar-refractivity contribution in [1.29, 1.82) is 0 Å². The SMILES string of the molecule is C[C@H](C(=O)N1CCc2ccc(C(=O)O)cc2C1)c1ccccc1. The van der Waals surface area contributed by atoms with Crippen LogP contribution in [0.1, 0.15) is 39.9 Å². The van der Waals surface area contributed by atoms with Crippen molar-refractivity contribution in [2.45, 2.75) is 25.8 Å². The first-order chi connectivity index (χ1) is 11.1. The van der Waals surface area contributed by atoms with Crippen LogP contribution in [0.15, 0.2) is 48.5 Å². The molecule has 0 spiro atoms. The molecular weight excluding hydrogens is 290 g/mol. The number of hydrogen-bond acceptors (Lipinski definition) is 2. The van der Waals surface area contributed by atoms with Gasteiger partial charge in [0.2, 0.25) is 5.91 Å². The second kappa shape index (κ2) is 6.24. The maximum absolute atomic E-state index is 12.7. The molecule has 118 valence electrons. The molecule has 4 heteroatoms. The van der Waals surface area contributed by atoms with Crippen molar-refractivity contribution < 1.29 is 14.7 Å². The molecule has 0 saturated heterocycles. The van der Waals surface area contributed by atoms with E-state index in [0.29, 0.717) is 13.1 Å². The van der Waals surface area contributed by atoms with E-state index in [1.165, 1.54) is 0 Å². The summed E-state index contributed by atoms with van der Waals surface area (Å²) in [6.07, 6.45) is 0.766. The maximum atomic E-state index is 12.7. The Hall–Kier alpha value is -2.62. The van der Waals surface area contributed by atoms with Gasteiger partial charge in [0.05, 0.1) is 11.5 Å². The molecule has 1 aliphatic rings. The number of hydrogen-bond donors (Lipinski definition) is 1. The highest BCUT2D eigenvalue weighted by Crippen LogP contribution is 2.24. The minimum atomic E-state index is -0.936. The van der Waals surface area contributed by atoms with Crippen molar-refractivity contribution in [1.82, 2.24) is 4.90 Å². The van der Waals surface area contributed by atoms with Crippen LogP contribution in [0.4, 0.5) is 0 Å². The predicted octanol–water partition coefficient (Wildman–Crippen LogP) is 3.07. The lowest BCUT2D eigenvalue weighted by Crippen LogP contribution is -2.38. The van der Waals surface area contributed by atoms with E-state index in [4.69, 9.17) is 5.11 Å². The molecule has 23 heavy (non-hydrogen) atoms. The minimum absolute atomic E-state index is 0.0857. The number of carbonyl (C=O) groups is 2. The summed E-state index contributed by atoms with van der Waals surface area (Å²) < 4.78 is 0. The second-order valence-corrected chi connectivity index (χ2v) is 5.93. The number of aromatic carboxylic acids is 1. The second-order valence-electron chi connectivity index (χ2n) is 5.93. The third-order valence-corrected chi connectivity index (χ3v) is 4.45. The van der Waals surface area contributed by atoms with E-state index in [-0.39, 0.29) is 17.4 Å². The number of benzene rings is 2. The Labute approximate surface area is 135 Å². The highest BCUT2D eigenvalue weighted by molar-refractivity contribution is 5.88. The van der Waals surface area contributed by atoms with Crippen LogP contribution in [-0.4, -0.2) is 28.4 Å². The highest BCUT2D eigenvalue weighted by Gasteiger charge is 2.26. The van der Waals surface area contributed by atoms with Gasteiger partial charge in [-0.05, 0) is 42.2 Å². The Balaban J connectivity index is 1.79. The average Bonchev–Trinajstić information content (AvgIpc) is 2.60. The fourth-order valence-electron chi connectivity index (χ4n) is 3.04. The molecule has 2 aromatic rings. The summed E-state index contributed by atoms with van der Waals surface area (Å²) >= 11 is 0. The van der Waals surface area contributed by atoms with Gasteiger partial charge in [0.25, 0.3) is 0 Å². The van der Waals surface area contributed by atoms with Gasteiger partial charge in [-0.2, -0.15) is 0 Å². The molecular formula is C19H19NO3. The molecule has 0 bridgehead atoms. The summed E-state index contributed by atoms with van der Waals surface area (Å²) in [7, 11) is 0. The van der Waals surface area contributed by atoms with Gasteiger partial charge in [0.1, 0.15) is 0 Å². The standard InChI is InChI=1S/C19H19NO3/c1-13(14-5-3-2-4-6-14)18(21)20-10-9-15-7-8-16(19(22)23)11-17(15)12-20/h2-8,11,13H,9-10,12H2,1H3,(H,22,23)/t13-/m0/s1. The number of carboxylic acid groups (broad SMARTS) is 1. The zero-order chi connectivity index (χ0) is 16.4. The Kier molecular flexibility index (Phi) is 4.15. The first-order valence-electron chi connectivity index (χ1n) is 7.75. The minimum Gasteiger partial charge on any atom is -0.478 e. The van der Waals surface area contributed by atoms with Crippen molar-refractivity contribution in [3.63, 3.8) is 0 Å². The van der Waals surface area contributed by atoms with Gasteiger partial charge in [-0.25, -0.2) is 4.79 Å². The summed E-state index contributed by atoms with van der Waals surface area (Å²) in [6.45, 7) is 3.07. The molecule has 1 atom stereocenters. The largest absolute Gasteiger partial charge is 0.478 e. The van der Waals surface area contributed by atoms with Gasteiger partial charge in [-0.1, -0.05) is 36.4 Å². The van der Waals surface area contributed by atoms with E-state index in [1.54, 1.807) is 12.1 Å². The van der Waals surface area contributed by atoms with Crippen molar-refractivity contribution in [2.24, 2.45) is 0 Å². The van der Waals surface area contributed by atoms with Gasteiger partial charge in [0, 0.05) is 13.1 Å². The number of fused-ring (bicyclic) bond motifs is 1. The zero-order valence-corrected chi connectivity index (χ0v) is 13.0. The van der Waals surface area contributed by atoms with Crippen molar-refractivity contribution in [2.75, 3.05) is 6.54 Å². The highest BCUT2D eigenvalue weighted by atomic mass is 16.4. The van der Waals surface area contributed by atoms with Crippen molar-refractivity contribution in [3.8, 4) is 0 Å². The molecule has 1 aliphatic heterocycles. The lowest BCUT2D eigenvalue weighted by atomic mass is 9.94. The fraction of sp³-hybridized carbons (Fsp3) is 0.263. The molecule has 0 fully saturated rings. The van der Waals surface area contributed by atoms with E-state index in [2.05, 4.69) is 0 Å². The molecule has 0 aromatic heterocycles. The van der Waals surface area contributed by atoms with Crippen molar-refractivity contribution in [3.05, 3.63) is 70.8 Å². The molecule has 1 amide bonds.